The zero-order chi connectivity index (χ0) is 11.9. The molecule has 0 spiro atoms. The van der Waals surface area contributed by atoms with Gasteiger partial charge < -0.3 is 10.2 Å². The molecule has 0 aromatic rings. The SMILES string of the molecule is CCCC1CN(CC2CCCCS2)CCCN1. The largest absolute Gasteiger partial charge is 0.313 e. The highest BCUT2D eigenvalue weighted by molar-refractivity contribution is 7.99. The molecule has 2 heterocycles. The summed E-state index contributed by atoms with van der Waals surface area (Å²) in [5.74, 6) is 1.40. The number of rotatable bonds is 4. The van der Waals surface area contributed by atoms with Crippen molar-refractivity contribution >= 4 is 11.8 Å². The van der Waals surface area contributed by atoms with Crippen molar-refractivity contribution in [3.63, 3.8) is 0 Å². The first kappa shape index (κ1) is 13.7. The van der Waals surface area contributed by atoms with Crippen LogP contribution >= 0.6 is 11.8 Å². The lowest BCUT2D eigenvalue weighted by Crippen LogP contribution is -2.40. The summed E-state index contributed by atoms with van der Waals surface area (Å²) in [4.78, 5) is 2.73. The van der Waals surface area contributed by atoms with Gasteiger partial charge in [-0.3, -0.25) is 0 Å². The molecule has 2 nitrogen and oxygen atoms in total. The van der Waals surface area contributed by atoms with Crippen LogP contribution in [0.25, 0.3) is 0 Å². The molecule has 2 atom stereocenters. The second kappa shape index (κ2) is 7.65. The van der Waals surface area contributed by atoms with Crippen molar-refractivity contribution in [3.05, 3.63) is 0 Å². The fourth-order valence-electron chi connectivity index (χ4n) is 3.02. The molecule has 1 N–H and O–H groups in total. The fraction of sp³-hybridized carbons (Fsp3) is 1.00. The van der Waals surface area contributed by atoms with Gasteiger partial charge in [-0.25, -0.2) is 0 Å². The lowest BCUT2D eigenvalue weighted by molar-refractivity contribution is 0.259. The van der Waals surface area contributed by atoms with Crippen LogP contribution in [0.4, 0.5) is 0 Å². The molecule has 0 aliphatic carbocycles. The molecule has 0 radical (unpaired) electrons. The minimum Gasteiger partial charge on any atom is -0.313 e. The first-order chi connectivity index (χ1) is 8.38. The van der Waals surface area contributed by atoms with E-state index in [4.69, 9.17) is 0 Å². The first-order valence-electron chi connectivity index (χ1n) is 7.46. The minimum atomic E-state index is 0.746. The van der Waals surface area contributed by atoms with Crippen molar-refractivity contribution in [2.75, 3.05) is 31.9 Å². The Bertz CT molecular complexity index is 204. The number of nitrogens with one attached hydrogen (secondary N) is 1. The lowest BCUT2D eigenvalue weighted by Gasteiger charge is -2.30. The predicted octanol–water partition coefficient (Wildman–Crippen LogP) is 2.74. The van der Waals surface area contributed by atoms with Crippen LogP contribution in [0.1, 0.15) is 45.4 Å². The van der Waals surface area contributed by atoms with Crippen molar-refractivity contribution in [1.29, 1.82) is 0 Å². The van der Waals surface area contributed by atoms with Gasteiger partial charge in [-0.15, -0.1) is 0 Å². The summed E-state index contributed by atoms with van der Waals surface area (Å²) < 4.78 is 0. The Hall–Kier alpha value is 0.270. The minimum absolute atomic E-state index is 0.746. The maximum atomic E-state index is 3.70. The van der Waals surface area contributed by atoms with Crippen molar-refractivity contribution in [1.82, 2.24) is 10.2 Å². The quantitative estimate of drug-likeness (QED) is 0.832. The van der Waals surface area contributed by atoms with E-state index in [9.17, 15) is 0 Å². The highest BCUT2D eigenvalue weighted by atomic mass is 32.2. The number of nitrogens with zero attached hydrogens (tertiary/aromatic N) is 1. The molecule has 0 saturated carbocycles. The van der Waals surface area contributed by atoms with E-state index in [0.29, 0.717) is 0 Å². The molecule has 0 aromatic heterocycles. The molecule has 0 bridgehead atoms. The van der Waals surface area contributed by atoms with Gasteiger partial charge in [-0.05, 0) is 44.5 Å². The molecule has 2 saturated heterocycles. The summed E-state index contributed by atoms with van der Waals surface area (Å²) in [6, 6.07) is 0.746. The molecule has 0 aromatic carbocycles. The second-order valence-corrected chi connectivity index (χ2v) is 6.95. The average Bonchev–Trinajstić information content (AvgIpc) is 2.56. The zero-order valence-corrected chi connectivity index (χ0v) is 12.1. The van der Waals surface area contributed by atoms with Crippen LogP contribution in [0.5, 0.6) is 0 Å². The Labute approximate surface area is 111 Å². The number of thioether (sulfide) groups is 1. The average molecular weight is 256 g/mol. The van der Waals surface area contributed by atoms with Crippen LogP contribution < -0.4 is 5.32 Å². The molecule has 2 fully saturated rings. The Morgan fingerprint density at radius 1 is 1.29 bits per heavy atom. The third-order valence-corrected chi connectivity index (χ3v) is 5.32. The van der Waals surface area contributed by atoms with E-state index in [-0.39, 0.29) is 0 Å². The summed E-state index contributed by atoms with van der Waals surface area (Å²) in [5.41, 5.74) is 0. The molecule has 2 unspecified atom stereocenters. The molecular weight excluding hydrogens is 228 g/mol. The summed E-state index contributed by atoms with van der Waals surface area (Å²) >= 11 is 2.22. The highest BCUT2D eigenvalue weighted by Crippen LogP contribution is 2.26. The second-order valence-electron chi connectivity index (χ2n) is 5.54. The molecule has 2 aliphatic rings. The normalized spacial score (nSPS) is 32.3. The molecule has 2 aliphatic heterocycles. The van der Waals surface area contributed by atoms with Crippen molar-refractivity contribution in [3.8, 4) is 0 Å². The van der Waals surface area contributed by atoms with Crippen LogP contribution in [-0.2, 0) is 0 Å². The van der Waals surface area contributed by atoms with Crippen molar-refractivity contribution in [2.45, 2.75) is 56.7 Å². The third-order valence-electron chi connectivity index (χ3n) is 3.94. The Kier molecular flexibility index (Phi) is 6.16. The molecule has 3 heteroatoms. The van der Waals surface area contributed by atoms with Crippen LogP contribution in [0, 0.1) is 0 Å². The fourth-order valence-corrected chi connectivity index (χ4v) is 4.38. The van der Waals surface area contributed by atoms with Gasteiger partial charge in [0, 0.05) is 24.4 Å². The zero-order valence-electron chi connectivity index (χ0n) is 11.3. The van der Waals surface area contributed by atoms with Crippen molar-refractivity contribution < 1.29 is 0 Å². The topological polar surface area (TPSA) is 15.3 Å². The van der Waals surface area contributed by atoms with E-state index in [1.54, 1.807) is 0 Å². The smallest absolute Gasteiger partial charge is 0.0194 e. The monoisotopic (exact) mass is 256 g/mol. The highest BCUT2D eigenvalue weighted by Gasteiger charge is 2.21. The summed E-state index contributed by atoms with van der Waals surface area (Å²) in [5, 5.41) is 4.62. The van der Waals surface area contributed by atoms with Gasteiger partial charge in [0.15, 0.2) is 0 Å². The van der Waals surface area contributed by atoms with Gasteiger partial charge in [-0.1, -0.05) is 19.8 Å². The van der Waals surface area contributed by atoms with Crippen LogP contribution in [0.2, 0.25) is 0 Å². The maximum Gasteiger partial charge on any atom is 0.0194 e. The summed E-state index contributed by atoms with van der Waals surface area (Å²) in [7, 11) is 0. The van der Waals surface area contributed by atoms with Crippen LogP contribution in [-0.4, -0.2) is 48.1 Å². The van der Waals surface area contributed by atoms with Gasteiger partial charge in [-0.2, -0.15) is 11.8 Å². The standard InChI is InChI=1S/C14H28N2S/c1-2-6-13-11-16(9-5-8-15-13)12-14-7-3-4-10-17-14/h13-15H,2-12H2,1H3. The van der Waals surface area contributed by atoms with Gasteiger partial charge >= 0.3 is 0 Å². The van der Waals surface area contributed by atoms with Gasteiger partial charge in [0.25, 0.3) is 0 Å². The Balaban J connectivity index is 1.77. The van der Waals surface area contributed by atoms with Gasteiger partial charge in [0.05, 0.1) is 0 Å². The first-order valence-corrected chi connectivity index (χ1v) is 8.50. The predicted molar refractivity (Wildman–Crippen MR) is 77.9 cm³/mol. The van der Waals surface area contributed by atoms with E-state index < -0.39 is 0 Å². The van der Waals surface area contributed by atoms with E-state index in [1.807, 2.05) is 0 Å². The van der Waals surface area contributed by atoms with Gasteiger partial charge in [0.2, 0.25) is 0 Å². The number of hydrogen-bond acceptors (Lipinski definition) is 3. The Morgan fingerprint density at radius 3 is 3.00 bits per heavy atom. The molecule has 100 valence electrons. The van der Waals surface area contributed by atoms with E-state index in [0.717, 1.165) is 11.3 Å². The third kappa shape index (κ3) is 4.80. The molecule has 0 amide bonds. The molecule has 17 heavy (non-hydrogen) atoms. The summed E-state index contributed by atoms with van der Waals surface area (Å²) in [6.45, 7) is 7.45. The lowest BCUT2D eigenvalue weighted by atomic mass is 10.1. The van der Waals surface area contributed by atoms with E-state index >= 15 is 0 Å². The Morgan fingerprint density at radius 2 is 2.24 bits per heavy atom. The van der Waals surface area contributed by atoms with Gasteiger partial charge in [0.1, 0.15) is 0 Å². The van der Waals surface area contributed by atoms with E-state index in [1.165, 1.54) is 70.5 Å². The molecular formula is C14H28N2S. The van der Waals surface area contributed by atoms with Crippen LogP contribution in [0.15, 0.2) is 0 Å². The van der Waals surface area contributed by atoms with Crippen LogP contribution in [0.3, 0.4) is 0 Å². The maximum absolute atomic E-state index is 3.70. The van der Waals surface area contributed by atoms with E-state index in [2.05, 4.69) is 28.9 Å². The van der Waals surface area contributed by atoms with Crippen molar-refractivity contribution in [2.24, 2.45) is 0 Å². The molecule has 2 rings (SSSR count). The number of hydrogen-bond donors (Lipinski definition) is 1. The summed E-state index contributed by atoms with van der Waals surface area (Å²) in [6.07, 6.45) is 8.34.